The van der Waals surface area contributed by atoms with Crippen LogP contribution in [0, 0.1) is 17.5 Å². The molecule has 2 nitrogen and oxygen atoms in total. The van der Waals surface area contributed by atoms with Gasteiger partial charge in [0.1, 0.15) is 0 Å². The van der Waals surface area contributed by atoms with Crippen LogP contribution in [0.5, 0.6) is 5.75 Å². The summed E-state index contributed by atoms with van der Waals surface area (Å²) in [6, 6.07) is 6.63. The maximum Gasteiger partial charge on any atom is 0.200 e. The summed E-state index contributed by atoms with van der Waals surface area (Å²) >= 11 is 5.72. The molecule has 0 atom stereocenters. The molecule has 0 bridgehead atoms. The molecule has 0 aliphatic rings. The fourth-order valence-corrected chi connectivity index (χ4v) is 1.73. The van der Waals surface area contributed by atoms with Crippen molar-refractivity contribution >= 4 is 17.4 Å². The lowest BCUT2D eigenvalue weighted by molar-refractivity contribution is 0.0918. The number of Topliss-reactive ketones (excluding diaryl/α,β-unsaturated/α-hetero) is 1. The minimum Gasteiger partial charge on any atom is -0.481 e. The maximum absolute atomic E-state index is 13.4. The average Bonchev–Trinajstić information content (AvgIpc) is 2.41. The van der Waals surface area contributed by atoms with Crippen LogP contribution in [0.2, 0.25) is 5.02 Å². The zero-order valence-corrected chi connectivity index (χ0v) is 10.8. The number of benzene rings is 2. The minimum atomic E-state index is -1.14. The molecular formula is C14H8ClF3O2. The van der Waals surface area contributed by atoms with Crippen molar-refractivity contribution in [3.63, 3.8) is 0 Å². The molecule has 6 heteroatoms. The molecule has 104 valence electrons. The summed E-state index contributed by atoms with van der Waals surface area (Å²) in [7, 11) is 0. The normalized spacial score (nSPS) is 10.4. The van der Waals surface area contributed by atoms with Crippen molar-refractivity contribution in [1.29, 1.82) is 0 Å². The highest BCUT2D eigenvalue weighted by molar-refractivity contribution is 6.32. The van der Waals surface area contributed by atoms with Crippen molar-refractivity contribution in [1.82, 2.24) is 0 Å². The molecule has 0 N–H and O–H groups in total. The Bertz CT molecular complexity index is 639. The minimum absolute atomic E-state index is 0.0167. The van der Waals surface area contributed by atoms with Gasteiger partial charge in [0, 0.05) is 5.56 Å². The van der Waals surface area contributed by atoms with Gasteiger partial charge in [-0.3, -0.25) is 4.79 Å². The van der Waals surface area contributed by atoms with Gasteiger partial charge in [-0.25, -0.2) is 13.2 Å². The van der Waals surface area contributed by atoms with E-state index in [0.29, 0.717) is 0 Å². The summed E-state index contributed by atoms with van der Waals surface area (Å²) in [5.74, 6) is -3.79. The first-order chi connectivity index (χ1) is 9.49. The fraction of sp³-hybridized carbons (Fsp3) is 0.0714. The van der Waals surface area contributed by atoms with Gasteiger partial charge in [0.15, 0.2) is 35.6 Å². The average molecular weight is 301 g/mol. The van der Waals surface area contributed by atoms with E-state index in [1.54, 1.807) is 0 Å². The molecule has 0 aliphatic heterocycles. The Hall–Kier alpha value is -2.01. The van der Waals surface area contributed by atoms with Gasteiger partial charge in [-0.15, -0.1) is 0 Å². The summed E-state index contributed by atoms with van der Waals surface area (Å²) in [6.07, 6.45) is 0. The molecule has 0 amide bonds. The van der Waals surface area contributed by atoms with E-state index in [4.69, 9.17) is 16.3 Å². The van der Waals surface area contributed by atoms with Crippen LogP contribution in [0.1, 0.15) is 10.4 Å². The third-order valence-electron chi connectivity index (χ3n) is 2.51. The van der Waals surface area contributed by atoms with E-state index in [9.17, 15) is 18.0 Å². The lowest BCUT2D eigenvalue weighted by Gasteiger charge is -2.08. The van der Waals surface area contributed by atoms with Crippen LogP contribution < -0.4 is 4.74 Å². The smallest absolute Gasteiger partial charge is 0.200 e. The second-order valence-corrected chi connectivity index (χ2v) is 4.30. The predicted octanol–water partition coefficient (Wildman–Crippen LogP) is 4.02. The lowest BCUT2D eigenvalue weighted by Crippen LogP contribution is -2.13. The third-order valence-corrected chi connectivity index (χ3v) is 2.81. The van der Waals surface area contributed by atoms with Crippen LogP contribution in [0.3, 0.4) is 0 Å². The Morgan fingerprint density at radius 3 is 2.45 bits per heavy atom. The molecule has 2 aromatic rings. The number of halogens is 4. The van der Waals surface area contributed by atoms with Crippen LogP contribution in [0.15, 0.2) is 36.4 Å². The summed E-state index contributed by atoms with van der Waals surface area (Å²) in [4.78, 5) is 11.7. The Morgan fingerprint density at radius 2 is 1.80 bits per heavy atom. The van der Waals surface area contributed by atoms with Crippen molar-refractivity contribution in [2.45, 2.75) is 0 Å². The highest BCUT2D eigenvalue weighted by atomic mass is 35.5. The molecule has 20 heavy (non-hydrogen) atoms. The zero-order chi connectivity index (χ0) is 14.7. The number of ketones is 1. The molecule has 0 aliphatic carbocycles. The number of rotatable bonds is 4. The SMILES string of the molecule is O=C(COc1c(F)cccc1Cl)c1ccc(F)c(F)c1. The van der Waals surface area contributed by atoms with Gasteiger partial charge in [-0.05, 0) is 30.3 Å². The van der Waals surface area contributed by atoms with Crippen LogP contribution in [-0.4, -0.2) is 12.4 Å². The van der Waals surface area contributed by atoms with Crippen molar-refractivity contribution in [2.24, 2.45) is 0 Å². The third kappa shape index (κ3) is 3.11. The molecule has 0 aromatic heterocycles. The van der Waals surface area contributed by atoms with E-state index in [1.807, 2.05) is 0 Å². The van der Waals surface area contributed by atoms with Gasteiger partial charge < -0.3 is 4.74 Å². The Labute approximate surface area is 117 Å². The monoisotopic (exact) mass is 300 g/mol. The van der Waals surface area contributed by atoms with E-state index in [0.717, 1.165) is 24.3 Å². The van der Waals surface area contributed by atoms with E-state index in [-0.39, 0.29) is 16.3 Å². The van der Waals surface area contributed by atoms with Gasteiger partial charge in [-0.1, -0.05) is 17.7 Å². The topological polar surface area (TPSA) is 26.3 Å². The van der Waals surface area contributed by atoms with Gasteiger partial charge in [0.05, 0.1) is 5.02 Å². The first kappa shape index (κ1) is 14.4. The van der Waals surface area contributed by atoms with E-state index < -0.39 is 29.8 Å². The highest BCUT2D eigenvalue weighted by Gasteiger charge is 2.13. The van der Waals surface area contributed by atoms with Crippen molar-refractivity contribution in [3.05, 3.63) is 64.4 Å². The molecule has 0 saturated heterocycles. The largest absolute Gasteiger partial charge is 0.481 e. The number of hydrogen-bond donors (Lipinski definition) is 0. The summed E-state index contributed by atoms with van der Waals surface area (Å²) in [6.45, 7) is -0.536. The summed E-state index contributed by atoms with van der Waals surface area (Å²) in [5, 5.41) is 0.0167. The van der Waals surface area contributed by atoms with E-state index >= 15 is 0 Å². The van der Waals surface area contributed by atoms with Crippen LogP contribution in [0.4, 0.5) is 13.2 Å². The maximum atomic E-state index is 13.4. The molecular weight excluding hydrogens is 293 g/mol. The van der Waals surface area contributed by atoms with Crippen LogP contribution in [-0.2, 0) is 0 Å². The Balaban J connectivity index is 2.11. The number of hydrogen-bond acceptors (Lipinski definition) is 2. The first-order valence-corrected chi connectivity index (χ1v) is 5.92. The van der Waals surface area contributed by atoms with Gasteiger partial charge >= 0.3 is 0 Å². The molecule has 0 radical (unpaired) electrons. The highest BCUT2D eigenvalue weighted by Crippen LogP contribution is 2.27. The van der Waals surface area contributed by atoms with Gasteiger partial charge in [-0.2, -0.15) is 0 Å². The van der Waals surface area contributed by atoms with Crippen molar-refractivity contribution in [2.75, 3.05) is 6.61 Å². The predicted molar refractivity (Wildman–Crippen MR) is 67.6 cm³/mol. The van der Waals surface area contributed by atoms with Gasteiger partial charge in [0.2, 0.25) is 0 Å². The molecule has 0 spiro atoms. The zero-order valence-electron chi connectivity index (χ0n) is 10.00. The number of ether oxygens (including phenoxy) is 1. The van der Waals surface area contributed by atoms with Crippen molar-refractivity contribution < 1.29 is 22.7 Å². The summed E-state index contributed by atoms with van der Waals surface area (Å²) in [5.41, 5.74) is -0.0728. The van der Waals surface area contributed by atoms with E-state index in [1.165, 1.54) is 12.1 Å². The second kappa shape index (κ2) is 5.96. The van der Waals surface area contributed by atoms with Crippen LogP contribution >= 0.6 is 11.6 Å². The molecule has 2 rings (SSSR count). The second-order valence-electron chi connectivity index (χ2n) is 3.89. The molecule has 0 unspecified atom stereocenters. The number of carbonyl (C=O) groups is 1. The first-order valence-electron chi connectivity index (χ1n) is 5.54. The van der Waals surface area contributed by atoms with Crippen LogP contribution in [0.25, 0.3) is 0 Å². The van der Waals surface area contributed by atoms with Crippen molar-refractivity contribution in [3.8, 4) is 5.75 Å². The number of carbonyl (C=O) groups excluding carboxylic acids is 1. The number of para-hydroxylation sites is 1. The summed E-state index contributed by atoms with van der Waals surface area (Å²) < 4.78 is 44.1. The Kier molecular flexibility index (Phi) is 4.29. The standard InChI is InChI=1S/C14H8ClF3O2/c15-9-2-1-3-11(17)14(9)20-7-13(19)8-4-5-10(16)12(18)6-8/h1-6H,7H2. The Morgan fingerprint density at radius 1 is 1.05 bits per heavy atom. The molecule has 0 heterocycles. The molecule has 2 aromatic carbocycles. The lowest BCUT2D eigenvalue weighted by atomic mass is 10.1. The van der Waals surface area contributed by atoms with E-state index in [2.05, 4.69) is 0 Å². The van der Waals surface area contributed by atoms with Gasteiger partial charge in [0.25, 0.3) is 0 Å². The molecule has 0 fully saturated rings. The quantitative estimate of drug-likeness (QED) is 0.797. The fourth-order valence-electron chi connectivity index (χ4n) is 1.51. The molecule has 0 saturated carbocycles.